The molecule has 1 aromatic rings. The van der Waals surface area contributed by atoms with Crippen molar-refractivity contribution in [2.75, 3.05) is 0 Å². The number of hydrogen-bond acceptors (Lipinski definition) is 3. The zero-order chi connectivity index (χ0) is 12.5. The predicted octanol–water partition coefficient (Wildman–Crippen LogP) is 1.79. The Morgan fingerprint density at radius 1 is 1.25 bits per heavy atom. The van der Waals surface area contributed by atoms with E-state index in [1.54, 1.807) is 0 Å². The van der Waals surface area contributed by atoms with E-state index in [1.807, 2.05) is 20.8 Å². The number of hydrogen-bond donors (Lipinski definition) is 3. The first-order chi connectivity index (χ1) is 7.20. The molecule has 0 unspecified atom stereocenters. The maximum Gasteiger partial charge on any atom is 0.256 e. The fraction of sp³-hybridized carbons (Fsp3) is 0.417. The number of nitrogens with two attached hydrogens (primary N) is 1. The predicted molar refractivity (Wildman–Crippen MR) is 61.4 cm³/mol. The van der Waals surface area contributed by atoms with Gasteiger partial charge in [0, 0.05) is 0 Å². The molecule has 1 amide bonds. The molecule has 0 bridgehead atoms. The lowest BCUT2D eigenvalue weighted by molar-refractivity contribution is 0.0995. The highest BCUT2D eigenvalue weighted by Gasteiger charge is 2.17. The smallest absolute Gasteiger partial charge is 0.256 e. The molecule has 0 spiro atoms. The zero-order valence-corrected chi connectivity index (χ0v) is 9.74. The van der Waals surface area contributed by atoms with Crippen molar-refractivity contribution in [3.05, 3.63) is 23.3 Å². The lowest BCUT2D eigenvalue weighted by Crippen LogP contribution is -2.13. The van der Waals surface area contributed by atoms with Crippen molar-refractivity contribution in [2.45, 2.75) is 27.2 Å². The van der Waals surface area contributed by atoms with Gasteiger partial charge in [-0.15, -0.1) is 0 Å². The minimum atomic E-state index is -0.836. The van der Waals surface area contributed by atoms with Gasteiger partial charge in [0.2, 0.25) is 0 Å². The summed E-state index contributed by atoms with van der Waals surface area (Å²) in [5.74, 6) is -1.38. The van der Waals surface area contributed by atoms with Gasteiger partial charge in [-0.05, 0) is 29.5 Å². The molecule has 0 atom stereocenters. The lowest BCUT2D eigenvalue weighted by Gasteiger charge is -2.18. The van der Waals surface area contributed by atoms with Gasteiger partial charge in [0.25, 0.3) is 5.91 Å². The Morgan fingerprint density at radius 2 is 1.69 bits per heavy atom. The molecule has 0 heterocycles. The molecule has 4 N–H and O–H groups in total. The Morgan fingerprint density at radius 3 is 2.00 bits per heavy atom. The van der Waals surface area contributed by atoms with Crippen molar-refractivity contribution in [1.82, 2.24) is 0 Å². The van der Waals surface area contributed by atoms with Gasteiger partial charge in [0.15, 0.2) is 0 Å². The summed E-state index contributed by atoms with van der Waals surface area (Å²) in [6, 6.07) is 2.93. The van der Waals surface area contributed by atoms with Crippen LogP contribution in [0.15, 0.2) is 12.1 Å². The molecule has 1 aromatic carbocycles. The molecule has 0 aromatic heterocycles. The molecule has 0 aliphatic carbocycles. The van der Waals surface area contributed by atoms with Gasteiger partial charge in [-0.3, -0.25) is 4.79 Å². The van der Waals surface area contributed by atoms with Gasteiger partial charge >= 0.3 is 0 Å². The monoisotopic (exact) mass is 223 g/mol. The number of carbonyl (C=O) groups excluding carboxylic acids is 1. The number of amides is 1. The molecular weight excluding hydrogens is 206 g/mol. The second kappa shape index (κ2) is 4.04. The summed E-state index contributed by atoms with van der Waals surface area (Å²) in [4.78, 5) is 10.9. The first-order valence-corrected chi connectivity index (χ1v) is 5.05. The Bertz CT molecular complexity index is 396. The second-order valence-corrected chi connectivity index (χ2v) is 5.11. The minimum Gasteiger partial charge on any atom is -0.507 e. The SMILES string of the molecule is CC(C)(C)Cc1cc(O)c(C(N)=O)c(O)c1. The van der Waals surface area contributed by atoms with E-state index >= 15 is 0 Å². The molecule has 0 fully saturated rings. The number of phenols is 2. The van der Waals surface area contributed by atoms with Crippen molar-refractivity contribution in [1.29, 1.82) is 0 Å². The van der Waals surface area contributed by atoms with E-state index in [4.69, 9.17) is 5.73 Å². The van der Waals surface area contributed by atoms with E-state index in [1.165, 1.54) is 12.1 Å². The average molecular weight is 223 g/mol. The van der Waals surface area contributed by atoms with Crippen LogP contribution in [0.25, 0.3) is 0 Å². The Balaban J connectivity index is 3.15. The standard InChI is InChI=1S/C12H17NO3/c1-12(2,3)6-7-4-8(14)10(11(13)16)9(15)5-7/h4-5,14-15H,6H2,1-3H3,(H2,13,16). The first kappa shape index (κ1) is 12.4. The van der Waals surface area contributed by atoms with Crippen molar-refractivity contribution in [2.24, 2.45) is 11.1 Å². The van der Waals surface area contributed by atoms with Crippen molar-refractivity contribution in [3.8, 4) is 11.5 Å². The van der Waals surface area contributed by atoms with Crippen LogP contribution in [0.2, 0.25) is 0 Å². The molecule has 4 nitrogen and oxygen atoms in total. The van der Waals surface area contributed by atoms with Crippen molar-refractivity contribution >= 4 is 5.91 Å². The van der Waals surface area contributed by atoms with Crippen LogP contribution in [0.5, 0.6) is 11.5 Å². The van der Waals surface area contributed by atoms with E-state index in [9.17, 15) is 15.0 Å². The second-order valence-electron chi connectivity index (χ2n) is 5.11. The number of primary amides is 1. The normalized spacial score (nSPS) is 11.4. The highest BCUT2D eigenvalue weighted by molar-refractivity contribution is 5.98. The Hall–Kier alpha value is -1.71. The van der Waals surface area contributed by atoms with E-state index < -0.39 is 5.91 Å². The molecule has 0 radical (unpaired) electrons. The third kappa shape index (κ3) is 2.89. The molecular formula is C12H17NO3. The van der Waals surface area contributed by atoms with E-state index in [0.29, 0.717) is 6.42 Å². The van der Waals surface area contributed by atoms with Crippen molar-refractivity contribution < 1.29 is 15.0 Å². The Kier molecular flexibility index (Phi) is 3.12. The molecule has 0 aliphatic heterocycles. The summed E-state index contributed by atoms with van der Waals surface area (Å²) >= 11 is 0. The summed E-state index contributed by atoms with van der Waals surface area (Å²) < 4.78 is 0. The first-order valence-electron chi connectivity index (χ1n) is 5.05. The van der Waals surface area contributed by atoms with Gasteiger partial charge in [-0.1, -0.05) is 20.8 Å². The van der Waals surface area contributed by atoms with E-state index in [2.05, 4.69) is 0 Å². The van der Waals surface area contributed by atoms with Crippen LogP contribution in [0.3, 0.4) is 0 Å². The summed E-state index contributed by atoms with van der Waals surface area (Å²) in [7, 11) is 0. The lowest BCUT2D eigenvalue weighted by atomic mass is 9.87. The third-order valence-electron chi connectivity index (χ3n) is 2.14. The zero-order valence-electron chi connectivity index (χ0n) is 9.74. The number of rotatable bonds is 2. The summed E-state index contributed by atoms with van der Waals surface area (Å²) in [6.45, 7) is 6.13. The Labute approximate surface area is 94.7 Å². The molecule has 0 saturated carbocycles. The van der Waals surface area contributed by atoms with Gasteiger partial charge in [0.1, 0.15) is 17.1 Å². The minimum absolute atomic E-state index is 0.0348. The maximum absolute atomic E-state index is 10.9. The largest absolute Gasteiger partial charge is 0.507 e. The van der Waals surface area contributed by atoms with Gasteiger partial charge in [-0.25, -0.2) is 0 Å². The topological polar surface area (TPSA) is 83.5 Å². The molecule has 88 valence electrons. The van der Waals surface area contributed by atoms with Crippen LogP contribution >= 0.6 is 0 Å². The van der Waals surface area contributed by atoms with Crippen LogP contribution < -0.4 is 5.73 Å². The number of aromatic hydroxyl groups is 2. The molecule has 16 heavy (non-hydrogen) atoms. The third-order valence-corrected chi connectivity index (χ3v) is 2.14. The van der Waals surface area contributed by atoms with Gasteiger partial charge in [0.05, 0.1) is 0 Å². The van der Waals surface area contributed by atoms with E-state index in [0.717, 1.165) is 5.56 Å². The highest BCUT2D eigenvalue weighted by atomic mass is 16.3. The fourth-order valence-electron chi connectivity index (χ4n) is 1.64. The average Bonchev–Trinajstić information content (AvgIpc) is 1.96. The molecule has 4 heteroatoms. The number of benzene rings is 1. The summed E-state index contributed by atoms with van der Waals surface area (Å²) in [6.07, 6.45) is 0.688. The van der Waals surface area contributed by atoms with E-state index in [-0.39, 0.29) is 22.5 Å². The van der Waals surface area contributed by atoms with Crippen molar-refractivity contribution in [3.63, 3.8) is 0 Å². The molecule has 0 saturated heterocycles. The number of carbonyl (C=O) groups is 1. The fourth-order valence-corrected chi connectivity index (χ4v) is 1.64. The van der Waals surface area contributed by atoms with Crippen LogP contribution in [-0.2, 0) is 6.42 Å². The molecule has 1 rings (SSSR count). The highest BCUT2D eigenvalue weighted by Crippen LogP contribution is 2.31. The summed E-state index contributed by atoms with van der Waals surface area (Å²) in [5, 5.41) is 19.2. The summed E-state index contributed by atoms with van der Waals surface area (Å²) in [5.41, 5.74) is 5.62. The van der Waals surface area contributed by atoms with Crippen LogP contribution in [0.4, 0.5) is 0 Å². The van der Waals surface area contributed by atoms with Crippen LogP contribution in [-0.4, -0.2) is 16.1 Å². The van der Waals surface area contributed by atoms with Gasteiger partial charge < -0.3 is 15.9 Å². The van der Waals surface area contributed by atoms with Crippen LogP contribution in [0.1, 0.15) is 36.7 Å². The van der Waals surface area contributed by atoms with Gasteiger partial charge in [-0.2, -0.15) is 0 Å². The maximum atomic E-state index is 10.9. The van der Waals surface area contributed by atoms with Crippen LogP contribution in [0, 0.1) is 5.41 Å². The molecule has 0 aliphatic rings. The quantitative estimate of drug-likeness (QED) is 0.714.